The van der Waals surface area contributed by atoms with Gasteiger partial charge in [-0.25, -0.2) is 4.79 Å². The summed E-state index contributed by atoms with van der Waals surface area (Å²) >= 11 is 0. The Hall–Kier alpha value is -0.790. The lowest BCUT2D eigenvalue weighted by Gasteiger charge is -1.93. The molecule has 0 aliphatic carbocycles. The molecule has 83 valence electrons. The van der Waals surface area contributed by atoms with Crippen LogP contribution in [-0.2, 0) is 9.53 Å². The van der Waals surface area contributed by atoms with Crippen molar-refractivity contribution in [3.05, 3.63) is 19.6 Å². The van der Waals surface area contributed by atoms with E-state index in [4.69, 9.17) is 0 Å². The molecule has 0 aromatic carbocycles. The fourth-order valence-electron chi connectivity index (χ4n) is 0.864. The lowest BCUT2D eigenvalue weighted by molar-refractivity contribution is -0.134. The van der Waals surface area contributed by atoms with Gasteiger partial charge in [-0.2, -0.15) is 0 Å². The van der Waals surface area contributed by atoms with Crippen LogP contribution in [0.4, 0.5) is 0 Å². The monoisotopic (exact) mass is 199 g/mol. The molecule has 1 radical (unpaired) electrons. The molecule has 0 saturated carbocycles. The highest BCUT2D eigenvalue weighted by Gasteiger charge is 1.83. The van der Waals surface area contributed by atoms with Gasteiger partial charge < -0.3 is 4.74 Å². The SMILES string of the molecule is C=CC(=O)OC.[CH2]CCCCCCC. The number of hydrogen-bond donors (Lipinski definition) is 0. The Balaban J connectivity index is 0. The van der Waals surface area contributed by atoms with Gasteiger partial charge in [-0.1, -0.05) is 59.0 Å². The van der Waals surface area contributed by atoms with E-state index in [0.29, 0.717) is 0 Å². The van der Waals surface area contributed by atoms with Crippen LogP contribution >= 0.6 is 0 Å². The summed E-state index contributed by atoms with van der Waals surface area (Å²) in [5.74, 6) is -0.394. The molecule has 0 heterocycles. The van der Waals surface area contributed by atoms with Crippen molar-refractivity contribution < 1.29 is 9.53 Å². The third-order valence-corrected chi connectivity index (χ3v) is 1.72. The molecule has 0 rings (SSSR count). The molecule has 0 spiro atoms. The molecule has 0 N–H and O–H groups in total. The highest BCUT2D eigenvalue weighted by molar-refractivity contribution is 5.80. The van der Waals surface area contributed by atoms with Crippen molar-refractivity contribution in [1.82, 2.24) is 0 Å². The van der Waals surface area contributed by atoms with Crippen molar-refractivity contribution in [3.63, 3.8) is 0 Å². The summed E-state index contributed by atoms with van der Waals surface area (Å²) in [5.41, 5.74) is 0. The van der Waals surface area contributed by atoms with Crippen LogP contribution in [0.3, 0.4) is 0 Å². The van der Waals surface area contributed by atoms with E-state index >= 15 is 0 Å². The van der Waals surface area contributed by atoms with Crippen LogP contribution in [0.25, 0.3) is 0 Å². The molecule has 0 aromatic heterocycles. The third-order valence-electron chi connectivity index (χ3n) is 1.72. The molecule has 0 amide bonds. The highest BCUT2D eigenvalue weighted by Crippen LogP contribution is 2.03. The maximum Gasteiger partial charge on any atom is 0.329 e. The minimum absolute atomic E-state index is 0.394. The van der Waals surface area contributed by atoms with Crippen molar-refractivity contribution in [1.29, 1.82) is 0 Å². The molecule has 0 aromatic rings. The number of rotatable bonds is 6. The van der Waals surface area contributed by atoms with Gasteiger partial charge >= 0.3 is 5.97 Å². The fraction of sp³-hybridized carbons (Fsp3) is 0.667. The van der Waals surface area contributed by atoms with E-state index < -0.39 is 5.97 Å². The van der Waals surface area contributed by atoms with Gasteiger partial charge in [-0.15, -0.1) is 0 Å². The summed E-state index contributed by atoms with van der Waals surface area (Å²) in [6.07, 6.45) is 9.09. The predicted molar refractivity (Wildman–Crippen MR) is 60.9 cm³/mol. The second-order valence-corrected chi connectivity index (χ2v) is 3.00. The van der Waals surface area contributed by atoms with Crippen LogP contribution in [0.5, 0.6) is 0 Å². The van der Waals surface area contributed by atoms with E-state index in [2.05, 4.69) is 25.2 Å². The molecule has 14 heavy (non-hydrogen) atoms. The molecule has 0 fully saturated rings. The van der Waals surface area contributed by atoms with Crippen LogP contribution in [0.2, 0.25) is 0 Å². The first-order valence-electron chi connectivity index (χ1n) is 5.22. The van der Waals surface area contributed by atoms with Gasteiger partial charge in [-0.05, 0) is 0 Å². The van der Waals surface area contributed by atoms with Gasteiger partial charge in [0.25, 0.3) is 0 Å². The number of carbonyl (C=O) groups excluding carboxylic acids is 1. The Morgan fingerprint density at radius 2 is 1.86 bits per heavy atom. The quantitative estimate of drug-likeness (QED) is 0.371. The highest BCUT2D eigenvalue weighted by atomic mass is 16.5. The summed E-state index contributed by atoms with van der Waals surface area (Å²) in [4.78, 5) is 9.84. The summed E-state index contributed by atoms with van der Waals surface area (Å²) in [5, 5.41) is 0. The van der Waals surface area contributed by atoms with Gasteiger partial charge in [-0.3, -0.25) is 0 Å². The zero-order chi connectivity index (χ0) is 11.2. The summed E-state index contributed by atoms with van der Waals surface area (Å²) in [7, 11) is 1.31. The van der Waals surface area contributed by atoms with Gasteiger partial charge in [0.2, 0.25) is 0 Å². The average Bonchev–Trinajstić information content (AvgIpc) is 2.24. The first-order chi connectivity index (χ1) is 6.72. The second-order valence-electron chi connectivity index (χ2n) is 3.00. The molecule has 0 aliphatic rings. The molecule has 0 aliphatic heterocycles. The van der Waals surface area contributed by atoms with Gasteiger partial charge in [0, 0.05) is 6.08 Å². The Morgan fingerprint density at radius 3 is 2.14 bits per heavy atom. The molecule has 0 saturated heterocycles. The van der Waals surface area contributed by atoms with Crippen LogP contribution in [0.15, 0.2) is 12.7 Å². The molecule has 0 bridgehead atoms. The topological polar surface area (TPSA) is 26.3 Å². The summed E-state index contributed by atoms with van der Waals surface area (Å²) in [6, 6.07) is 0. The van der Waals surface area contributed by atoms with E-state index in [-0.39, 0.29) is 0 Å². The zero-order valence-electron chi connectivity index (χ0n) is 9.55. The smallest absolute Gasteiger partial charge is 0.329 e. The first kappa shape index (κ1) is 15.7. The lowest BCUT2D eigenvalue weighted by atomic mass is 10.1. The third kappa shape index (κ3) is 17.3. The largest absolute Gasteiger partial charge is 0.466 e. The Bertz CT molecular complexity index is 124. The Labute approximate surface area is 88.3 Å². The van der Waals surface area contributed by atoms with Crippen molar-refractivity contribution in [3.8, 4) is 0 Å². The number of hydrogen-bond acceptors (Lipinski definition) is 2. The molecule has 0 unspecified atom stereocenters. The minimum atomic E-state index is -0.394. The summed E-state index contributed by atoms with van der Waals surface area (Å²) in [6.45, 7) is 9.18. The molecule has 2 nitrogen and oxygen atoms in total. The average molecular weight is 199 g/mol. The van der Waals surface area contributed by atoms with Crippen LogP contribution in [0.1, 0.15) is 45.4 Å². The summed E-state index contributed by atoms with van der Waals surface area (Å²) < 4.78 is 4.14. The maximum absolute atomic E-state index is 9.84. The predicted octanol–water partition coefficient (Wildman–Crippen LogP) is 3.53. The van der Waals surface area contributed by atoms with Crippen molar-refractivity contribution in [2.24, 2.45) is 0 Å². The first-order valence-corrected chi connectivity index (χ1v) is 5.22. The van der Waals surface area contributed by atoms with E-state index in [1.807, 2.05) is 0 Å². The standard InChI is InChI=1S/C8H17.C4H6O2/c1-3-5-7-8-6-4-2;1-3-4(5)6-2/h1,3-8H2,2H3;3H,1H2,2H3. The zero-order valence-corrected chi connectivity index (χ0v) is 9.55. The van der Waals surface area contributed by atoms with E-state index in [1.165, 1.54) is 39.2 Å². The van der Waals surface area contributed by atoms with E-state index in [9.17, 15) is 4.79 Å². The fourth-order valence-corrected chi connectivity index (χ4v) is 0.864. The van der Waals surface area contributed by atoms with Crippen LogP contribution in [0, 0.1) is 6.92 Å². The molecule has 0 atom stereocenters. The molecular weight excluding hydrogens is 176 g/mol. The maximum atomic E-state index is 9.84. The number of methoxy groups -OCH3 is 1. The normalized spacial score (nSPS) is 8.50. The van der Waals surface area contributed by atoms with Crippen LogP contribution < -0.4 is 0 Å². The number of unbranched alkanes of at least 4 members (excludes halogenated alkanes) is 5. The van der Waals surface area contributed by atoms with Gasteiger partial charge in [0.05, 0.1) is 7.11 Å². The number of ether oxygens (including phenoxy) is 1. The molecular formula is C12H23O2. The van der Waals surface area contributed by atoms with Gasteiger partial charge in [0.1, 0.15) is 0 Å². The lowest BCUT2D eigenvalue weighted by Crippen LogP contribution is -1.91. The van der Waals surface area contributed by atoms with Crippen molar-refractivity contribution >= 4 is 5.97 Å². The van der Waals surface area contributed by atoms with Crippen molar-refractivity contribution in [2.45, 2.75) is 45.4 Å². The van der Waals surface area contributed by atoms with E-state index in [1.54, 1.807) is 0 Å². The number of carbonyl (C=O) groups is 1. The Morgan fingerprint density at radius 1 is 1.29 bits per heavy atom. The van der Waals surface area contributed by atoms with Gasteiger partial charge in [0.15, 0.2) is 0 Å². The van der Waals surface area contributed by atoms with Crippen LogP contribution in [-0.4, -0.2) is 13.1 Å². The molecule has 2 heteroatoms. The second kappa shape index (κ2) is 14.7. The van der Waals surface area contributed by atoms with E-state index in [0.717, 1.165) is 12.5 Å². The van der Waals surface area contributed by atoms with Crippen molar-refractivity contribution in [2.75, 3.05) is 7.11 Å². The number of esters is 1. The Kier molecular flexibility index (Phi) is 16.5. The minimum Gasteiger partial charge on any atom is -0.466 e.